The Kier molecular flexibility index (Phi) is 3.99. The number of hydrogen-bond donors (Lipinski definition) is 2. The highest BCUT2D eigenvalue weighted by Gasteiger charge is 2.18. The summed E-state index contributed by atoms with van der Waals surface area (Å²) < 4.78 is 0. The van der Waals surface area contributed by atoms with Crippen molar-refractivity contribution in [3.05, 3.63) is 69.8 Å². The van der Waals surface area contributed by atoms with E-state index in [0.717, 1.165) is 24.3 Å². The summed E-state index contributed by atoms with van der Waals surface area (Å²) in [6.07, 6.45) is 2.58. The topological polar surface area (TPSA) is 101 Å². The number of rotatable bonds is 4. The molecular weight excluding hydrogens is 274 g/mol. The van der Waals surface area contributed by atoms with Crippen LogP contribution in [0.1, 0.15) is 15.9 Å². The fourth-order valence-electron chi connectivity index (χ4n) is 1.77. The molecule has 0 bridgehead atoms. The van der Waals surface area contributed by atoms with Gasteiger partial charge in [0.2, 0.25) is 0 Å². The van der Waals surface area contributed by atoms with Crippen molar-refractivity contribution in [3.8, 4) is 11.5 Å². The highest BCUT2D eigenvalue weighted by Crippen LogP contribution is 2.24. The Labute approximate surface area is 119 Å². The Balaban J connectivity index is 2.32. The number of allylic oxidation sites excluding steroid dienone is 1. The molecule has 2 aromatic carbocycles. The molecule has 0 saturated carbocycles. The zero-order valence-electron chi connectivity index (χ0n) is 10.8. The maximum atomic E-state index is 12.0. The smallest absolute Gasteiger partial charge is 0.280 e. The number of carbonyl (C=O) groups is 1. The second-order valence-electron chi connectivity index (χ2n) is 4.25. The van der Waals surface area contributed by atoms with E-state index < -0.39 is 10.7 Å². The molecule has 0 heterocycles. The van der Waals surface area contributed by atoms with Gasteiger partial charge < -0.3 is 10.2 Å². The van der Waals surface area contributed by atoms with E-state index in [4.69, 9.17) is 0 Å². The van der Waals surface area contributed by atoms with Crippen molar-refractivity contribution in [2.45, 2.75) is 0 Å². The molecule has 0 saturated heterocycles. The second kappa shape index (κ2) is 5.87. The summed E-state index contributed by atoms with van der Waals surface area (Å²) in [5.74, 6) is -0.788. The number of nitro groups is 1. The monoisotopic (exact) mass is 285 g/mol. The number of nitrogens with zero attached hydrogens (tertiary/aromatic N) is 1. The first-order valence-electron chi connectivity index (χ1n) is 5.96. The van der Waals surface area contributed by atoms with E-state index >= 15 is 0 Å². The molecule has 2 aromatic rings. The first-order chi connectivity index (χ1) is 9.97. The fourth-order valence-corrected chi connectivity index (χ4v) is 1.77. The van der Waals surface area contributed by atoms with Crippen LogP contribution in [0, 0.1) is 10.1 Å². The molecule has 0 radical (unpaired) electrons. The van der Waals surface area contributed by atoms with Gasteiger partial charge in [0.05, 0.1) is 4.92 Å². The first kappa shape index (κ1) is 14.3. The number of phenols is 2. The minimum absolute atomic E-state index is 0.0490. The molecular formula is C15H11NO5. The predicted molar refractivity (Wildman–Crippen MR) is 76.2 cm³/mol. The Hall–Kier alpha value is -3.15. The van der Waals surface area contributed by atoms with Crippen LogP contribution < -0.4 is 0 Å². The summed E-state index contributed by atoms with van der Waals surface area (Å²) in [6.45, 7) is 0. The summed E-state index contributed by atoms with van der Waals surface area (Å²) in [5, 5.41) is 29.5. The molecule has 0 amide bonds. The number of benzene rings is 2. The Bertz CT molecular complexity index is 737. The van der Waals surface area contributed by atoms with Crippen LogP contribution in [-0.2, 0) is 0 Å². The van der Waals surface area contributed by atoms with Crippen LogP contribution in [-0.4, -0.2) is 20.9 Å². The zero-order chi connectivity index (χ0) is 15.4. The lowest BCUT2D eigenvalue weighted by molar-refractivity contribution is -0.385. The molecule has 106 valence electrons. The number of aromatic hydroxyl groups is 2. The van der Waals surface area contributed by atoms with Crippen LogP contribution in [0.2, 0.25) is 0 Å². The Morgan fingerprint density at radius 2 is 1.81 bits per heavy atom. The van der Waals surface area contributed by atoms with Gasteiger partial charge in [0.15, 0.2) is 5.78 Å². The average Bonchev–Trinajstić information content (AvgIpc) is 2.44. The average molecular weight is 285 g/mol. The van der Waals surface area contributed by atoms with Gasteiger partial charge in [-0.15, -0.1) is 0 Å². The molecule has 0 aliphatic carbocycles. The van der Waals surface area contributed by atoms with E-state index in [-0.39, 0.29) is 22.7 Å². The minimum Gasteiger partial charge on any atom is -0.508 e. The lowest BCUT2D eigenvalue weighted by Crippen LogP contribution is -2.00. The lowest BCUT2D eigenvalue weighted by Gasteiger charge is -2.00. The van der Waals surface area contributed by atoms with Crippen molar-refractivity contribution in [1.29, 1.82) is 0 Å². The third-order valence-electron chi connectivity index (χ3n) is 2.74. The molecule has 0 aliphatic rings. The Morgan fingerprint density at radius 1 is 1.10 bits per heavy atom. The van der Waals surface area contributed by atoms with E-state index in [1.54, 1.807) is 12.1 Å². The van der Waals surface area contributed by atoms with Gasteiger partial charge in [-0.05, 0) is 35.9 Å². The van der Waals surface area contributed by atoms with Gasteiger partial charge in [-0.3, -0.25) is 14.9 Å². The largest absolute Gasteiger partial charge is 0.508 e. The molecule has 0 aliphatic heterocycles. The standard InChI is InChI=1S/C15H11NO5/c17-11-3-1-2-10(8-11)4-7-15(19)13-9-12(18)5-6-14(13)16(20)21/h1-9,17-18H. The minimum atomic E-state index is -0.686. The van der Waals surface area contributed by atoms with Gasteiger partial charge in [-0.1, -0.05) is 18.2 Å². The highest BCUT2D eigenvalue weighted by atomic mass is 16.6. The normalized spacial score (nSPS) is 10.7. The van der Waals surface area contributed by atoms with Gasteiger partial charge in [0, 0.05) is 6.07 Å². The molecule has 0 aromatic heterocycles. The summed E-state index contributed by atoms with van der Waals surface area (Å²) in [7, 11) is 0. The summed E-state index contributed by atoms with van der Waals surface area (Å²) >= 11 is 0. The highest BCUT2D eigenvalue weighted by molar-refractivity contribution is 6.09. The predicted octanol–water partition coefficient (Wildman–Crippen LogP) is 2.90. The molecule has 21 heavy (non-hydrogen) atoms. The van der Waals surface area contributed by atoms with Crippen LogP contribution in [0.5, 0.6) is 11.5 Å². The van der Waals surface area contributed by atoms with Crippen molar-refractivity contribution in [3.63, 3.8) is 0 Å². The molecule has 0 unspecified atom stereocenters. The molecule has 6 heteroatoms. The summed E-state index contributed by atoms with van der Waals surface area (Å²) in [6, 6.07) is 9.47. The van der Waals surface area contributed by atoms with Gasteiger partial charge in [0.1, 0.15) is 17.1 Å². The third kappa shape index (κ3) is 3.44. The van der Waals surface area contributed by atoms with E-state index in [2.05, 4.69) is 0 Å². The zero-order valence-corrected chi connectivity index (χ0v) is 10.8. The number of hydrogen-bond acceptors (Lipinski definition) is 5. The number of ketones is 1. The number of carbonyl (C=O) groups excluding carboxylic acids is 1. The first-order valence-corrected chi connectivity index (χ1v) is 5.96. The summed E-state index contributed by atoms with van der Waals surface area (Å²) in [5.41, 5.74) is 0.000850. The Morgan fingerprint density at radius 3 is 2.48 bits per heavy atom. The van der Waals surface area contributed by atoms with Gasteiger partial charge in [-0.2, -0.15) is 0 Å². The lowest BCUT2D eigenvalue weighted by atomic mass is 10.1. The van der Waals surface area contributed by atoms with E-state index in [1.165, 1.54) is 18.2 Å². The van der Waals surface area contributed by atoms with Crippen LogP contribution >= 0.6 is 0 Å². The maximum Gasteiger partial charge on any atom is 0.280 e. The van der Waals surface area contributed by atoms with Crippen LogP contribution in [0.4, 0.5) is 5.69 Å². The van der Waals surface area contributed by atoms with Crippen molar-refractivity contribution < 1.29 is 19.9 Å². The third-order valence-corrected chi connectivity index (χ3v) is 2.74. The quantitative estimate of drug-likeness (QED) is 0.389. The van der Waals surface area contributed by atoms with Crippen molar-refractivity contribution in [1.82, 2.24) is 0 Å². The van der Waals surface area contributed by atoms with Gasteiger partial charge in [0.25, 0.3) is 5.69 Å². The molecule has 2 rings (SSSR count). The molecule has 0 fully saturated rings. The van der Waals surface area contributed by atoms with Crippen LogP contribution in [0.15, 0.2) is 48.5 Å². The molecule has 2 N–H and O–H groups in total. The molecule has 0 atom stereocenters. The maximum absolute atomic E-state index is 12.0. The van der Waals surface area contributed by atoms with E-state index in [9.17, 15) is 25.1 Å². The van der Waals surface area contributed by atoms with Crippen molar-refractivity contribution in [2.75, 3.05) is 0 Å². The van der Waals surface area contributed by atoms with Gasteiger partial charge >= 0.3 is 0 Å². The fraction of sp³-hybridized carbons (Fsp3) is 0. The van der Waals surface area contributed by atoms with Crippen LogP contribution in [0.25, 0.3) is 6.08 Å². The number of nitro benzene ring substituents is 1. The van der Waals surface area contributed by atoms with E-state index in [0.29, 0.717) is 5.56 Å². The number of phenolic OH excluding ortho intramolecular Hbond substituents is 2. The molecule has 0 spiro atoms. The molecule has 6 nitrogen and oxygen atoms in total. The van der Waals surface area contributed by atoms with Crippen molar-refractivity contribution in [2.24, 2.45) is 0 Å². The van der Waals surface area contributed by atoms with Gasteiger partial charge in [-0.25, -0.2) is 0 Å². The van der Waals surface area contributed by atoms with Crippen LogP contribution in [0.3, 0.4) is 0 Å². The van der Waals surface area contributed by atoms with E-state index in [1.807, 2.05) is 0 Å². The summed E-state index contributed by atoms with van der Waals surface area (Å²) in [4.78, 5) is 22.2. The SMILES string of the molecule is O=C(C=Cc1cccc(O)c1)c1cc(O)ccc1[N+](=O)[O-]. The van der Waals surface area contributed by atoms with Crippen molar-refractivity contribution >= 4 is 17.5 Å². The second-order valence-corrected chi connectivity index (χ2v) is 4.25.